The number of rotatable bonds is 1. The zero-order chi connectivity index (χ0) is 7.83. The molecule has 0 heterocycles. The Hall–Kier alpha value is -0.0400. The van der Waals surface area contributed by atoms with Gasteiger partial charge in [0.15, 0.2) is 0 Å². The normalized spacial score (nSPS) is 24.0. The molecule has 0 radical (unpaired) electrons. The molecule has 0 bridgehead atoms. The molecule has 0 amide bonds. The third-order valence-electron chi connectivity index (χ3n) is 3.12. The van der Waals surface area contributed by atoms with E-state index in [9.17, 15) is 0 Å². The van der Waals surface area contributed by atoms with E-state index in [2.05, 4.69) is 33.1 Å². The van der Waals surface area contributed by atoms with Crippen LogP contribution in [0.1, 0.15) is 40.0 Å². The molecule has 10 heavy (non-hydrogen) atoms. The molecule has 1 N–H and O–H groups in total. The summed E-state index contributed by atoms with van der Waals surface area (Å²) in [7, 11) is 2.09. The first-order chi connectivity index (χ1) is 4.52. The molecule has 1 saturated carbocycles. The van der Waals surface area contributed by atoms with Crippen molar-refractivity contribution in [3.8, 4) is 0 Å². The molecular formula is C9H19N. The fourth-order valence-corrected chi connectivity index (χ4v) is 1.91. The van der Waals surface area contributed by atoms with Crippen LogP contribution in [-0.4, -0.2) is 12.6 Å². The molecule has 1 aliphatic carbocycles. The molecule has 1 aliphatic rings. The van der Waals surface area contributed by atoms with Crippen LogP contribution in [-0.2, 0) is 0 Å². The predicted octanol–water partition coefficient (Wildman–Crippen LogP) is 2.17. The lowest BCUT2D eigenvalue weighted by Crippen LogP contribution is -2.58. The summed E-state index contributed by atoms with van der Waals surface area (Å²) < 4.78 is 0. The summed E-state index contributed by atoms with van der Waals surface area (Å²) in [6.45, 7) is 6.97. The lowest BCUT2D eigenvalue weighted by Gasteiger charge is -2.51. The topological polar surface area (TPSA) is 12.0 Å². The van der Waals surface area contributed by atoms with Crippen molar-refractivity contribution in [2.75, 3.05) is 7.05 Å². The largest absolute Gasteiger partial charge is 0.314 e. The van der Waals surface area contributed by atoms with Crippen LogP contribution in [0.4, 0.5) is 0 Å². The van der Waals surface area contributed by atoms with Gasteiger partial charge < -0.3 is 5.32 Å². The van der Waals surface area contributed by atoms with Gasteiger partial charge in [0, 0.05) is 5.54 Å². The van der Waals surface area contributed by atoms with Gasteiger partial charge in [-0.3, -0.25) is 0 Å². The molecule has 0 saturated heterocycles. The van der Waals surface area contributed by atoms with E-state index >= 15 is 0 Å². The summed E-state index contributed by atoms with van der Waals surface area (Å²) in [5.41, 5.74) is 0.882. The molecule has 0 aromatic carbocycles. The van der Waals surface area contributed by atoms with Crippen LogP contribution in [0.25, 0.3) is 0 Å². The minimum Gasteiger partial charge on any atom is -0.314 e. The van der Waals surface area contributed by atoms with Crippen molar-refractivity contribution >= 4 is 0 Å². The minimum absolute atomic E-state index is 0.431. The van der Waals surface area contributed by atoms with E-state index in [0.29, 0.717) is 11.0 Å². The van der Waals surface area contributed by atoms with Crippen molar-refractivity contribution < 1.29 is 0 Å². The molecule has 1 rings (SSSR count). The van der Waals surface area contributed by atoms with Gasteiger partial charge in [-0.15, -0.1) is 0 Å². The van der Waals surface area contributed by atoms with Gasteiger partial charge in [-0.25, -0.2) is 0 Å². The van der Waals surface area contributed by atoms with Crippen molar-refractivity contribution in [3.05, 3.63) is 0 Å². The van der Waals surface area contributed by atoms with Crippen LogP contribution in [0, 0.1) is 5.41 Å². The second kappa shape index (κ2) is 2.23. The second-order valence-corrected chi connectivity index (χ2v) is 4.44. The standard InChI is InChI=1S/C9H19N/c1-8(2,3)9(10-4)6-5-7-9/h10H,5-7H2,1-4H3. The zero-order valence-corrected chi connectivity index (χ0v) is 7.62. The van der Waals surface area contributed by atoms with Crippen molar-refractivity contribution in [1.29, 1.82) is 0 Å². The highest BCUT2D eigenvalue weighted by molar-refractivity contribution is 5.03. The summed E-state index contributed by atoms with van der Waals surface area (Å²) in [6.07, 6.45) is 4.11. The van der Waals surface area contributed by atoms with Crippen LogP contribution < -0.4 is 5.32 Å². The van der Waals surface area contributed by atoms with E-state index in [1.165, 1.54) is 19.3 Å². The lowest BCUT2D eigenvalue weighted by molar-refractivity contribution is 0.0593. The average molecular weight is 141 g/mol. The highest BCUT2D eigenvalue weighted by Gasteiger charge is 2.44. The van der Waals surface area contributed by atoms with E-state index < -0.39 is 0 Å². The van der Waals surface area contributed by atoms with Gasteiger partial charge in [0.25, 0.3) is 0 Å². The first-order valence-corrected chi connectivity index (χ1v) is 4.21. The van der Waals surface area contributed by atoms with Gasteiger partial charge >= 0.3 is 0 Å². The third-order valence-corrected chi connectivity index (χ3v) is 3.12. The summed E-state index contributed by atoms with van der Waals surface area (Å²) >= 11 is 0. The molecule has 0 aromatic heterocycles. The maximum Gasteiger partial charge on any atom is 0.0226 e. The summed E-state index contributed by atoms with van der Waals surface area (Å²) in [5.74, 6) is 0. The molecule has 0 spiro atoms. The van der Waals surface area contributed by atoms with Gasteiger partial charge in [0.2, 0.25) is 0 Å². The fraction of sp³-hybridized carbons (Fsp3) is 1.00. The first-order valence-electron chi connectivity index (χ1n) is 4.21. The fourth-order valence-electron chi connectivity index (χ4n) is 1.91. The molecule has 1 heteroatoms. The second-order valence-electron chi connectivity index (χ2n) is 4.44. The number of hydrogen-bond donors (Lipinski definition) is 1. The van der Waals surface area contributed by atoms with Gasteiger partial charge in [-0.2, -0.15) is 0 Å². The Morgan fingerprint density at radius 1 is 1.20 bits per heavy atom. The smallest absolute Gasteiger partial charge is 0.0226 e. The van der Waals surface area contributed by atoms with Gasteiger partial charge in [-0.05, 0) is 31.7 Å². The lowest BCUT2D eigenvalue weighted by atomic mass is 9.61. The minimum atomic E-state index is 0.431. The Labute approximate surface area is 64.2 Å². The third kappa shape index (κ3) is 0.968. The predicted molar refractivity (Wildman–Crippen MR) is 45.1 cm³/mol. The van der Waals surface area contributed by atoms with Crippen LogP contribution in [0.5, 0.6) is 0 Å². The molecule has 1 fully saturated rings. The molecular weight excluding hydrogens is 122 g/mol. The van der Waals surface area contributed by atoms with Crippen molar-refractivity contribution in [1.82, 2.24) is 5.32 Å². The van der Waals surface area contributed by atoms with Crippen LogP contribution in [0.2, 0.25) is 0 Å². The Morgan fingerprint density at radius 2 is 1.70 bits per heavy atom. The monoisotopic (exact) mass is 141 g/mol. The van der Waals surface area contributed by atoms with Crippen molar-refractivity contribution in [3.63, 3.8) is 0 Å². The van der Waals surface area contributed by atoms with Crippen LogP contribution >= 0.6 is 0 Å². The van der Waals surface area contributed by atoms with Crippen LogP contribution in [0.15, 0.2) is 0 Å². The quantitative estimate of drug-likeness (QED) is 0.590. The molecule has 1 nitrogen and oxygen atoms in total. The van der Waals surface area contributed by atoms with Gasteiger partial charge in [-0.1, -0.05) is 20.8 Å². The number of hydrogen-bond acceptors (Lipinski definition) is 1. The first kappa shape index (κ1) is 8.06. The Kier molecular flexibility index (Phi) is 1.80. The SMILES string of the molecule is CNC1(C(C)(C)C)CCC1. The summed E-state index contributed by atoms with van der Waals surface area (Å²) in [4.78, 5) is 0. The van der Waals surface area contributed by atoms with Crippen molar-refractivity contribution in [2.24, 2.45) is 5.41 Å². The van der Waals surface area contributed by atoms with E-state index in [0.717, 1.165) is 0 Å². The highest BCUT2D eigenvalue weighted by atomic mass is 15.0. The maximum absolute atomic E-state index is 3.45. The molecule has 0 aliphatic heterocycles. The molecule has 0 unspecified atom stereocenters. The summed E-state index contributed by atoms with van der Waals surface area (Å²) in [5, 5.41) is 3.45. The van der Waals surface area contributed by atoms with Crippen LogP contribution in [0.3, 0.4) is 0 Å². The van der Waals surface area contributed by atoms with E-state index in [1.54, 1.807) is 0 Å². The van der Waals surface area contributed by atoms with Gasteiger partial charge in [0.1, 0.15) is 0 Å². The average Bonchev–Trinajstić information content (AvgIpc) is 1.58. The van der Waals surface area contributed by atoms with E-state index in [1.807, 2.05) is 0 Å². The van der Waals surface area contributed by atoms with Crippen molar-refractivity contribution in [2.45, 2.75) is 45.6 Å². The highest BCUT2D eigenvalue weighted by Crippen LogP contribution is 2.45. The molecule has 60 valence electrons. The van der Waals surface area contributed by atoms with E-state index in [4.69, 9.17) is 0 Å². The zero-order valence-electron chi connectivity index (χ0n) is 7.62. The molecule has 0 atom stereocenters. The molecule has 0 aromatic rings. The Morgan fingerprint density at radius 3 is 1.70 bits per heavy atom. The number of nitrogens with one attached hydrogen (secondary N) is 1. The summed E-state index contributed by atoms with van der Waals surface area (Å²) in [6, 6.07) is 0. The Balaban J connectivity index is 2.65. The van der Waals surface area contributed by atoms with E-state index in [-0.39, 0.29) is 0 Å². The Bertz CT molecular complexity index is 112. The maximum atomic E-state index is 3.45. The van der Waals surface area contributed by atoms with Gasteiger partial charge in [0.05, 0.1) is 0 Å².